The maximum Gasteiger partial charge on any atom is 0.433 e. The molecule has 0 radical (unpaired) electrons. The molecule has 1 aromatic heterocycles. The summed E-state index contributed by atoms with van der Waals surface area (Å²) >= 11 is 0. The lowest BCUT2D eigenvalue weighted by Gasteiger charge is -2.36. The molecule has 2 heterocycles. The first-order chi connectivity index (χ1) is 10.2. The predicted molar refractivity (Wildman–Crippen MR) is 70.9 cm³/mol. The summed E-state index contributed by atoms with van der Waals surface area (Å²) in [5, 5.41) is 0. The van der Waals surface area contributed by atoms with Crippen LogP contribution in [0.1, 0.15) is 54.4 Å². The number of aromatic nitrogens is 1. The lowest BCUT2D eigenvalue weighted by atomic mass is 9.84. The van der Waals surface area contributed by atoms with Gasteiger partial charge in [-0.1, -0.05) is 0 Å². The summed E-state index contributed by atoms with van der Waals surface area (Å²) in [4.78, 5) is 17.5. The normalized spacial score (nSPS) is 28.9. The Bertz CT molecular complexity index is 602. The third-order valence-corrected chi connectivity index (χ3v) is 4.51. The minimum atomic E-state index is -4.52. The number of alkyl halides is 4. The average molecular weight is 316 g/mol. The smallest absolute Gasteiger partial charge is 0.330 e. The van der Waals surface area contributed by atoms with Gasteiger partial charge in [0.25, 0.3) is 5.91 Å². The summed E-state index contributed by atoms with van der Waals surface area (Å²) in [5.74, 6) is -0.302. The van der Waals surface area contributed by atoms with E-state index < -0.39 is 17.5 Å². The molecule has 1 aliphatic heterocycles. The first-order valence-corrected chi connectivity index (χ1v) is 7.24. The molecular formula is C15H16F4N2O. The predicted octanol–water partition coefficient (Wildman–Crippen LogP) is 3.73. The van der Waals surface area contributed by atoms with E-state index in [1.807, 2.05) is 0 Å². The summed E-state index contributed by atoms with van der Waals surface area (Å²) in [6.45, 7) is 1.62. The van der Waals surface area contributed by atoms with Gasteiger partial charge in [-0.25, -0.2) is 9.37 Å². The Hall–Kier alpha value is -1.66. The fraction of sp³-hybridized carbons (Fsp3) is 0.600. The van der Waals surface area contributed by atoms with Gasteiger partial charge in [-0.3, -0.25) is 4.79 Å². The molecule has 0 N–H and O–H groups in total. The summed E-state index contributed by atoms with van der Waals surface area (Å²) < 4.78 is 51.9. The average Bonchev–Trinajstić information content (AvgIpc) is 2.75. The van der Waals surface area contributed by atoms with E-state index >= 15 is 0 Å². The van der Waals surface area contributed by atoms with E-state index in [0.29, 0.717) is 25.7 Å². The highest BCUT2D eigenvalue weighted by atomic mass is 19.4. The minimum absolute atomic E-state index is 0.0752. The summed E-state index contributed by atoms with van der Waals surface area (Å²) in [6.07, 6.45) is -2.75. The molecule has 1 saturated carbocycles. The zero-order valence-electron chi connectivity index (χ0n) is 12.1. The van der Waals surface area contributed by atoms with Crippen molar-refractivity contribution in [1.82, 2.24) is 9.88 Å². The van der Waals surface area contributed by atoms with Crippen molar-refractivity contribution in [3.63, 3.8) is 0 Å². The van der Waals surface area contributed by atoms with E-state index in [1.54, 1.807) is 6.92 Å². The van der Waals surface area contributed by atoms with Crippen molar-refractivity contribution >= 4 is 5.91 Å². The van der Waals surface area contributed by atoms with Crippen LogP contribution in [0.2, 0.25) is 0 Å². The van der Waals surface area contributed by atoms with Crippen molar-refractivity contribution in [2.75, 3.05) is 0 Å². The second kappa shape index (κ2) is 4.93. The number of nitrogens with zero attached hydrogens (tertiary/aromatic N) is 2. The number of rotatable bonds is 1. The Balaban J connectivity index is 1.80. The van der Waals surface area contributed by atoms with Gasteiger partial charge in [0, 0.05) is 6.04 Å². The second-order valence-corrected chi connectivity index (χ2v) is 6.27. The van der Waals surface area contributed by atoms with E-state index in [4.69, 9.17) is 0 Å². The molecule has 3 nitrogen and oxygen atoms in total. The molecule has 0 unspecified atom stereocenters. The summed E-state index contributed by atoms with van der Waals surface area (Å²) in [5.41, 5.74) is -1.82. The second-order valence-electron chi connectivity index (χ2n) is 6.27. The highest BCUT2D eigenvalue weighted by Gasteiger charge is 2.40. The van der Waals surface area contributed by atoms with Crippen molar-refractivity contribution in [3.8, 4) is 0 Å². The monoisotopic (exact) mass is 316 g/mol. The van der Waals surface area contributed by atoms with Crippen molar-refractivity contribution in [2.24, 2.45) is 0 Å². The Labute approximate surface area is 125 Å². The molecule has 1 amide bonds. The van der Waals surface area contributed by atoms with Crippen LogP contribution in [0.5, 0.6) is 0 Å². The highest BCUT2D eigenvalue weighted by molar-refractivity contribution is 5.98. The molecule has 0 saturated heterocycles. The van der Waals surface area contributed by atoms with E-state index in [2.05, 4.69) is 4.98 Å². The maximum absolute atomic E-state index is 13.8. The summed E-state index contributed by atoms with van der Waals surface area (Å²) in [7, 11) is 0. The molecule has 22 heavy (non-hydrogen) atoms. The SMILES string of the molecule is CC1(F)CCC(N2Cc3nc(C(F)(F)F)ccc3C2=O)CC1. The number of hydrogen-bond acceptors (Lipinski definition) is 2. The third-order valence-electron chi connectivity index (χ3n) is 4.51. The summed E-state index contributed by atoms with van der Waals surface area (Å²) in [6, 6.07) is 1.90. The van der Waals surface area contributed by atoms with Crippen molar-refractivity contribution in [3.05, 3.63) is 29.1 Å². The van der Waals surface area contributed by atoms with E-state index in [0.717, 1.165) is 6.07 Å². The molecule has 0 aromatic carbocycles. The number of halogens is 4. The fourth-order valence-corrected chi connectivity index (χ4v) is 3.17. The van der Waals surface area contributed by atoms with Gasteiger partial charge in [0.1, 0.15) is 11.4 Å². The van der Waals surface area contributed by atoms with Crippen LogP contribution in [0, 0.1) is 0 Å². The lowest BCUT2D eigenvalue weighted by molar-refractivity contribution is -0.141. The number of carbonyl (C=O) groups excluding carboxylic acids is 1. The van der Waals surface area contributed by atoms with Crippen LogP contribution in [-0.2, 0) is 12.7 Å². The molecule has 1 fully saturated rings. The zero-order valence-corrected chi connectivity index (χ0v) is 12.1. The molecule has 0 bridgehead atoms. The van der Waals surface area contributed by atoms with Crippen molar-refractivity contribution < 1.29 is 22.4 Å². The molecule has 120 valence electrons. The minimum Gasteiger partial charge on any atom is -0.330 e. The van der Waals surface area contributed by atoms with E-state index in [-0.39, 0.29) is 29.8 Å². The van der Waals surface area contributed by atoms with Gasteiger partial charge in [-0.2, -0.15) is 13.2 Å². The molecule has 0 spiro atoms. The Kier molecular flexibility index (Phi) is 3.41. The van der Waals surface area contributed by atoms with Crippen LogP contribution in [0.3, 0.4) is 0 Å². The zero-order chi connectivity index (χ0) is 16.1. The highest BCUT2D eigenvalue weighted by Crippen LogP contribution is 2.37. The van der Waals surface area contributed by atoms with Crippen LogP contribution < -0.4 is 0 Å². The standard InChI is InChI=1S/C15H16F4N2O/c1-14(16)6-4-9(5-7-14)21-8-11-10(13(21)22)2-3-12(20-11)15(17,18)19/h2-3,9H,4-8H2,1H3. The number of carbonyl (C=O) groups is 1. The van der Waals surface area contributed by atoms with Crippen molar-refractivity contribution in [2.45, 2.75) is 57.0 Å². The molecule has 7 heteroatoms. The van der Waals surface area contributed by atoms with Gasteiger partial charge in [0.15, 0.2) is 0 Å². The molecule has 0 atom stereocenters. The van der Waals surface area contributed by atoms with Gasteiger partial charge in [0.05, 0.1) is 17.8 Å². The third kappa shape index (κ3) is 2.68. The molecule has 2 aliphatic rings. The van der Waals surface area contributed by atoms with E-state index in [9.17, 15) is 22.4 Å². The van der Waals surface area contributed by atoms with Gasteiger partial charge >= 0.3 is 6.18 Å². The van der Waals surface area contributed by atoms with Crippen LogP contribution in [0.25, 0.3) is 0 Å². The molecule has 3 rings (SSSR count). The Morgan fingerprint density at radius 2 is 1.91 bits per heavy atom. The fourth-order valence-electron chi connectivity index (χ4n) is 3.17. The number of fused-ring (bicyclic) bond motifs is 1. The quantitative estimate of drug-likeness (QED) is 0.740. The Morgan fingerprint density at radius 3 is 2.50 bits per heavy atom. The molecule has 1 aromatic rings. The van der Waals surface area contributed by atoms with Crippen LogP contribution >= 0.6 is 0 Å². The van der Waals surface area contributed by atoms with Crippen LogP contribution in [-0.4, -0.2) is 27.5 Å². The van der Waals surface area contributed by atoms with Gasteiger partial charge in [-0.05, 0) is 44.7 Å². The van der Waals surface area contributed by atoms with Crippen LogP contribution in [0.15, 0.2) is 12.1 Å². The number of hydrogen-bond donors (Lipinski definition) is 0. The maximum atomic E-state index is 13.8. The Morgan fingerprint density at radius 1 is 1.27 bits per heavy atom. The molecule has 1 aliphatic carbocycles. The first kappa shape index (κ1) is 15.2. The topological polar surface area (TPSA) is 33.2 Å². The number of amides is 1. The van der Waals surface area contributed by atoms with Gasteiger partial charge in [0.2, 0.25) is 0 Å². The van der Waals surface area contributed by atoms with E-state index in [1.165, 1.54) is 11.0 Å². The largest absolute Gasteiger partial charge is 0.433 e. The number of pyridine rings is 1. The lowest BCUT2D eigenvalue weighted by Crippen LogP contribution is -2.41. The molecular weight excluding hydrogens is 300 g/mol. The van der Waals surface area contributed by atoms with Crippen LogP contribution in [0.4, 0.5) is 17.6 Å². The van der Waals surface area contributed by atoms with Gasteiger partial charge < -0.3 is 4.90 Å². The van der Waals surface area contributed by atoms with Crippen molar-refractivity contribution in [1.29, 1.82) is 0 Å². The first-order valence-electron chi connectivity index (χ1n) is 7.24. The van der Waals surface area contributed by atoms with Gasteiger partial charge in [-0.15, -0.1) is 0 Å².